The monoisotopic (exact) mass is 299 g/mol. The van der Waals surface area contributed by atoms with E-state index in [-0.39, 0.29) is 0 Å². The Morgan fingerprint density at radius 2 is 1.82 bits per heavy atom. The molecule has 0 saturated heterocycles. The van der Waals surface area contributed by atoms with Gasteiger partial charge < -0.3 is 10.3 Å². The number of nitrogens with two attached hydrogens (primary N) is 1. The highest BCUT2D eigenvalue weighted by Gasteiger charge is 2.29. The Kier molecular flexibility index (Phi) is 5.01. The van der Waals surface area contributed by atoms with Gasteiger partial charge in [0, 0.05) is 12.5 Å². The standard InChI is InChI=1S/C19H29N3/c1-2-3-4-5-6-7-8-14-22-17-11-9-10-16(20)18(17)21-19(22)15-12-13-15/h9-11,15H,2-8,12-14,20H2,1H3. The summed E-state index contributed by atoms with van der Waals surface area (Å²) in [4.78, 5) is 4.85. The van der Waals surface area contributed by atoms with Crippen LogP contribution in [0.1, 0.15) is 76.5 Å². The number of aromatic nitrogens is 2. The fraction of sp³-hybridized carbons (Fsp3) is 0.632. The maximum atomic E-state index is 6.11. The maximum absolute atomic E-state index is 6.11. The van der Waals surface area contributed by atoms with Gasteiger partial charge in [-0.05, 0) is 31.4 Å². The van der Waals surface area contributed by atoms with Gasteiger partial charge in [0.2, 0.25) is 0 Å². The number of nitrogens with zero attached hydrogens (tertiary/aromatic N) is 2. The van der Waals surface area contributed by atoms with Crippen LogP contribution in [0.5, 0.6) is 0 Å². The van der Waals surface area contributed by atoms with Crippen LogP contribution in [-0.4, -0.2) is 9.55 Å². The van der Waals surface area contributed by atoms with Gasteiger partial charge in [-0.1, -0.05) is 51.5 Å². The summed E-state index contributed by atoms with van der Waals surface area (Å²) in [5.74, 6) is 1.95. The molecule has 1 aromatic heterocycles. The lowest BCUT2D eigenvalue weighted by atomic mass is 10.1. The number of aryl methyl sites for hydroxylation is 1. The number of fused-ring (bicyclic) bond motifs is 1. The zero-order valence-electron chi connectivity index (χ0n) is 13.9. The Balaban J connectivity index is 1.62. The molecular weight excluding hydrogens is 270 g/mol. The summed E-state index contributed by atoms with van der Waals surface area (Å²) in [5, 5.41) is 0. The number of para-hydroxylation sites is 1. The quantitative estimate of drug-likeness (QED) is 0.508. The van der Waals surface area contributed by atoms with Crippen LogP contribution in [-0.2, 0) is 6.54 Å². The summed E-state index contributed by atoms with van der Waals surface area (Å²) >= 11 is 0. The number of hydrogen-bond acceptors (Lipinski definition) is 2. The van der Waals surface area contributed by atoms with E-state index in [9.17, 15) is 0 Å². The summed E-state index contributed by atoms with van der Waals surface area (Å²) in [5.41, 5.74) is 9.16. The molecule has 3 rings (SSSR count). The van der Waals surface area contributed by atoms with Gasteiger partial charge in [0.25, 0.3) is 0 Å². The van der Waals surface area contributed by atoms with E-state index in [1.54, 1.807) is 0 Å². The second-order valence-corrected chi connectivity index (χ2v) is 6.73. The van der Waals surface area contributed by atoms with E-state index in [1.807, 2.05) is 6.07 Å². The minimum absolute atomic E-state index is 0.677. The highest BCUT2D eigenvalue weighted by atomic mass is 15.1. The van der Waals surface area contributed by atoms with Gasteiger partial charge in [0.1, 0.15) is 11.3 Å². The highest BCUT2D eigenvalue weighted by Crippen LogP contribution is 2.41. The Hall–Kier alpha value is -1.51. The summed E-state index contributed by atoms with van der Waals surface area (Å²) in [6, 6.07) is 6.19. The number of nitrogen functional groups attached to an aromatic ring is 1. The van der Waals surface area contributed by atoms with Crippen molar-refractivity contribution >= 4 is 16.7 Å². The smallest absolute Gasteiger partial charge is 0.113 e. The molecule has 3 nitrogen and oxygen atoms in total. The number of benzene rings is 1. The highest BCUT2D eigenvalue weighted by molar-refractivity contribution is 5.87. The lowest BCUT2D eigenvalue weighted by Crippen LogP contribution is -2.03. The Morgan fingerprint density at radius 3 is 2.55 bits per heavy atom. The summed E-state index contributed by atoms with van der Waals surface area (Å²) in [6.07, 6.45) is 12.0. The third-order valence-corrected chi connectivity index (χ3v) is 4.77. The molecule has 0 spiro atoms. The molecule has 2 N–H and O–H groups in total. The number of unbranched alkanes of at least 4 members (excludes halogenated alkanes) is 6. The van der Waals surface area contributed by atoms with Crippen LogP contribution in [0.3, 0.4) is 0 Å². The molecule has 1 heterocycles. The van der Waals surface area contributed by atoms with Crippen LogP contribution in [0, 0.1) is 0 Å². The average molecular weight is 299 g/mol. The summed E-state index contributed by atoms with van der Waals surface area (Å²) in [7, 11) is 0. The molecular formula is C19H29N3. The third-order valence-electron chi connectivity index (χ3n) is 4.77. The van der Waals surface area contributed by atoms with Crippen LogP contribution in [0.15, 0.2) is 18.2 Å². The molecule has 0 radical (unpaired) electrons. The van der Waals surface area contributed by atoms with Crippen molar-refractivity contribution in [1.82, 2.24) is 9.55 Å². The lowest BCUT2D eigenvalue weighted by Gasteiger charge is -2.09. The van der Waals surface area contributed by atoms with E-state index in [0.29, 0.717) is 5.92 Å². The Labute approximate surface area is 133 Å². The molecule has 2 aromatic rings. The largest absolute Gasteiger partial charge is 0.397 e. The van der Waals surface area contributed by atoms with E-state index in [1.165, 1.54) is 69.1 Å². The Morgan fingerprint density at radius 1 is 1.09 bits per heavy atom. The van der Waals surface area contributed by atoms with Crippen molar-refractivity contribution in [2.24, 2.45) is 0 Å². The van der Waals surface area contributed by atoms with E-state index >= 15 is 0 Å². The predicted octanol–water partition coefficient (Wildman–Crippen LogP) is 5.25. The summed E-state index contributed by atoms with van der Waals surface area (Å²) < 4.78 is 2.44. The average Bonchev–Trinajstić information content (AvgIpc) is 3.29. The van der Waals surface area contributed by atoms with E-state index in [2.05, 4.69) is 23.6 Å². The minimum atomic E-state index is 0.677. The number of imidazole rings is 1. The van der Waals surface area contributed by atoms with E-state index in [0.717, 1.165) is 17.7 Å². The molecule has 1 aliphatic rings. The molecule has 1 fully saturated rings. The van der Waals surface area contributed by atoms with Gasteiger partial charge in [0.15, 0.2) is 0 Å². The summed E-state index contributed by atoms with van der Waals surface area (Å²) in [6.45, 7) is 3.37. The minimum Gasteiger partial charge on any atom is -0.397 e. The predicted molar refractivity (Wildman–Crippen MR) is 94.1 cm³/mol. The van der Waals surface area contributed by atoms with Gasteiger partial charge in [0.05, 0.1) is 11.2 Å². The number of rotatable bonds is 9. The van der Waals surface area contributed by atoms with E-state index < -0.39 is 0 Å². The van der Waals surface area contributed by atoms with Crippen LogP contribution in [0.25, 0.3) is 11.0 Å². The fourth-order valence-electron chi connectivity index (χ4n) is 3.30. The van der Waals surface area contributed by atoms with Gasteiger partial charge in [-0.3, -0.25) is 0 Å². The van der Waals surface area contributed by atoms with Crippen LogP contribution < -0.4 is 5.73 Å². The van der Waals surface area contributed by atoms with Crippen molar-refractivity contribution in [3.05, 3.63) is 24.0 Å². The van der Waals surface area contributed by atoms with Crippen LogP contribution >= 0.6 is 0 Å². The second kappa shape index (κ2) is 7.17. The first-order valence-corrected chi connectivity index (χ1v) is 9.06. The number of hydrogen-bond donors (Lipinski definition) is 1. The molecule has 0 unspecified atom stereocenters. The first kappa shape index (κ1) is 15.4. The fourth-order valence-corrected chi connectivity index (χ4v) is 3.30. The third kappa shape index (κ3) is 3.45. The normalized spacial score (nSPS) is 14.8. The molecule has 0 aliphatic heterocycles. The topological polar surface area (TPSA) is 43.8 Å². The molecule has 1 saturated carbocycles. The zero-order valence-corrected chi connectivity index (χ0v) is 13.9. The van der Waals surface area contributed by atoms with Gasteiger partial charge in [-0.2, -0.15) is 0 Å². The van der Waals surface area contributed by atoms with Crippen LogP contribution in [0.2, 0.25) is 0 Å². The molecule has 1 aromatic carbocycles. The van der Waals surface area contributed by atoms with Crippen molar-refractivity contribution in [2.45, 2.75) is 77.2 Å². The second-order valence-electron chi connectivity index (χ2n) is 6.73. The lowest BCUT2D eigenvalue weighted by molar-refractivity contribution is 0.546. The Bertz CT molecular complexity index is 610. The zero-order chi connectivity index (χ0) is 15.4. The van der Waals surface area contributed by atoms with Crippen molar-refractivity contribution in [1.29, 1.82) is 0 Å². The van der Waals surface area contributed by atoms with Gasteiger partial charge >= 0.3 is 0 Å². The van der Waals surface area contributed by atoms with Gasteiger partial charge in [-0.15, -0.1) is 0 Å². The van der Waals surface area contributed by atoms with Crippen molar-refractivity contribution in [3.63, 3.8) is 0 Å². The van der Waals surface area contributed by atoms with Crippen LogP contribution in [0.4, 0.5) is 5.69 Å². The first-order chi connectivity index (χ1) is 10.8. The molecule has 0 amide bonds. The van der Waals surface area contributed by atoms with E-state index in [4.69, 9.17) is 10.7 Å². The van der Waals surface area contributed by atoms with Gasteiger partial charge in [-0.25, -0.2) is 4.98 Å². The molecule has 0 atom stereocenters. The van der Waals surface area contributed by atoms with Crippen molar-refractivity contribution in [2.75, 3.05) is 5.73 Å². The molecule has 22 heavy (non-hydrogen) atoms. The van der Waals surface area contributed by atoms with Crippen molar-refractivity contribution < 1.29 is 0 Å². The maximum Gasteiger partial charge on any atom is 0.113 e. The molecule has 3 heteroatoms. The first-order valence-electron chi connectivity index (χ1n) is 9.06. The molecule has 1 aliphatic carbocycles. The number of anilines is 1. The molecule has 0 bridgehead atoms. The molecule has 120 valence electrons. The SMILES string of the molecule is CCCCCCCCCn1c(C2CC2)nc2c(N)cccc21. The van der Waals surface area contributed by atoms with Crippen molar-refractivity contribution in [3.8, 4) is 0 Å².